The van der Waals surface area contributed by atoms with Crippen molar-refractivity contribution in [1.29, 1.82) is 0 Å². The lowest BCUT2D eigenvalue weighted by Gasteiger charge is -2.23. The second-order valence-electron chi connectivity index (χ2n) is 5.98. The minimum atomic E-state index is -0.878. The van der Waals surface area contributed by atoms with E-state index in [0.29, 0.717) is 36.8 Å². The fourth-order valence-electron chi connectivity index (χ4n) is 2.15. The average molecular weight is 359 g/mol. The molecule has 0 saturated heterocycles. The van der Waals surface area contributed by atoms with Crippen molar-refractivity contribution in [3.63, 3.8) is 0 Å². The predicted molar refractivity (Wildman–Crippen MR) is 101 cm³/mol. The normalized spacial score (nSPS) is 12.7. The number of rotatable bonds is 10. The number of carbonyl (C=O) groups excluding carboxylic acids is 1. The molecule has 0 aliphatic rings. The van der Waals surface area contributed by atoms with Gasteiger partial charge in [-0.1, -0.05) is 27.2 Å². The zero-order chi connectivity index (χ0) is 17.3. The molecule has 3 N–H and O–H groups in total. The van der Waals surface area contributed by atoms with Gasteiger partial charge in [0.25, 0.3) is 0 Å². The van der Waals surface area contributed by atoms with E-state index in [9.17, 15) is 4.79 Å². The van der Waals surface area contributed by atoms with Gasteiger partial charge in [0, 0.05) is 11.8 Å². The number of hydrogen-bond donors (Lipinski definition) is 2. The van der Waals surface area contributed by atoms with Crippen LogP contribution in [0.25, 0.3) is 0 Å². The Labute approximate surface area is 151 Å². The molecule has 1 aromatic rings. The number of hydrogen-bond acceptors (Lipinski definition) is 4. The lowest BCUT2D eigenvalue weighted by molar-refractivity contribution is -0.120. The molecule has 0 heterocycles. The summed E-state index contributed by atoms with van der Waals surface area (Å²) in [4.78, 5) is 12.3. The molecule has 138 valence electrons. The quantitative estimate of drug-likeness (QED) is 0.659. The van der Waals surface area contributed by atoms with E-state index in [4.69, 9.17) is 15.2 Å². The number of amides is 1. The highest BCUT2D eigenvalue weighted by Gasteiger charge is 2.27. The van der Waals surface area contributed by atoms with Crippen LogP contribution >= 0.6 is 12.4 Å². The van der Waals surface area contributed by atoms with Crippen molar-refractivity contribution < 1.29 is 14.3 Å². The van der Waals surface area contributed by atoms with Crippen molar-refractivity contribution in [3.8, 4) is 11.5 Å². The van der Waals surface area contributed by atoms with Crippen molar-refractivity contribution in [2.24, 2.45) is 5.73 Å². The second-order valence-corrected chi connectivity index (χ2v) is 5.98. The number of nitrogens with two attached hydrogens (primary N) is 1. The van der Waals surface area contributed by atoms with Crippen LogP contribution in [0, 0.1) is 0 Å². The molecular weight excluding hydrogens is 328 g/mol. The molecule has 0 aliphatic heterocycles. The summed E-state index contributed by atoms with van der Waals surface area (Å²) in [6.07, 6.45) is 3.32. The van der Waals surface area contributed by atoms with Crippen molar-refractivity contribution in [3.05, 3.63) is 18.2 Å². The maximum absolute atomic E-state index is 12.3. The van der Waals surface area contributed by atoms with Gasteiger partial charge in [0.05, 0.1) is 18.8 Å². The van der Waals surface area contributed by atoms with Crippen LogP contribution in [-0.4, -0.2) is 24.7 Å². The summed E-state index contributed by atoms with van der Waals surface area (Å²) in [6, 6.07) is 5.42. The number of ether oxygens (including phenoxy) is 2. The standard InChI is InChI=1S/C18H30N2O3.ClH/c1-5-10-18(4,19)17(21)20-14-8-9-15(22-11-6-2)16(13-14)23-12-7-3;/h8-9,13H,5-7,10-12,19H2,1-4H3,(H,20,21);1H. The first kappa shape index (κ1) is 22.5. The van der Waals surface area contributed by atoms with Crippen LogP contribution in [0.3, 0.4) is 0 Å². The van der Waals surface area contributed by atoms with Gasteiger partial charge in [0.1, 0.15) is 0 Å². The second kappa shape index (κ2) is 11.2. The average Bonchev–Trinajstić information content (AvgIpc) is 2.51. The summed E-state index contributed by atoms with van der Waals surface area (Å²) in [5.41, 5.74) is 5.85. The molecule has 0 spiro atoms. The topological polar surface area (TPSA) is 73.6 Å². The third-order valence-corrected chi connectivity index (χ3v) is 3.41. The molecule has 5 nitrogen and oxygen atoms in total. The summed E-state index contributed by atoms with van der Waals surface area (Å²) in [7, 11) is 0. The van der Waals surface area contributed by atoms with Crippen molar-refractivity contribution in [1.82, 2.24) is 0 Å². The highest BCUT2D eigenvalue weighted by atomic mass is 35.5. The largest absolute Gasteiger partial charge is 0.490 e. The number of carbonyl (C=O) groups is 1. The van der Waals surface area contributed by atoms with Gasteiger partial charge in [-0.3, -0.25) is 4.79 Å². The Morgan fingerprint density at radius 1 is 1.08 bits per heavy atom. The number of halogens is 1. The van der Waals surface area contributed by atoms with Gasteiger partial charge in [-0.2, -0.15) is 0 Å². The molecule has 6 heteroatoms. The maximum atomic E-state index is 12.3. The van der Waals surface area contributed by atoms with E-state index >= 15 is 0 Å². The third kappa shape index (κ3) is 6.97. The van der Waals surface area contributed by atoms with E-state index in [2.05, 4.69) is 12.2 Å². The highest BCUT2D eigenvalue weighted by Crippen LogP contribution is 2.31. The van der Waals surface area contributed by atoms with Crippen molar-refractivity contribution in [2.75, 3.05) is 18.5 Å². The van der Waals surface area contributed by atoms with E-state index in [1.54, 1.807) is 13.0 Å². The zero-order valence-corrected chi connectivity index (χ0v) is 16.0. The molecule has 1 rings (SSSR count). The first-order valence-corrected chi connectivity index (χ1v) is 8.44. The van der Waals surface area contributed by atoms with E-state index in [0.717, 1.165) is 19.3 Å². The van der Waals surface area contributed by atoms with Crippen molar-refractivity contribution in [2.45, 2.75) is 58.9 Å². The number of anilines is 1. The summed E-state index contributed by atoms with van der Waals surface area (Å²) in [6.45, 7) is 9.09. The summed E-state index contributed by atoms with van der Waals surface area (Å²) in [5.74, 6) is 1.15. The van der Waals surface area contributed by atoms with Gasteiger partial charge in [-0.25, -0.2) is 0 Å². The van der Waals surface area contributed by atoms with Crippen molar-refractivity contribution >= 4 is 24.0 Å². The molecular formula is C18H31ClN2O3. The van der Waals surface area contributed by atoms with Crippen LogP contribution < -0.4 is 20.5 Å². The van der Waals surface area contributed by atoms with E-state index in [1.807, 2.05) is 26.0 Å². The van der Waals surface area contributed by atoms with Crippen LogP contribution in [0.4, 0.5) is 5.69 Å². The van der Waals surface area contributed by atoms with Gasteiger partial charge < -0.3 is 20.5 Å². The first-order chi connectivity index (χ1) is 10.9. The summed E-state index contributed by atoms with van der Waals surface area (Å²) >= 11 is 0. The predicted octanol–water partition coefficient (Wildman–Crippen LogP) is 4.14. The fourth-order valence-corrected chi connectivity index (χ4v) is 2.15. The number of benzene rings is 1. The number of nitrogens with one attached hydrogen (secondary N) is 1. The molecule has 0 fully saturated rings. The first-order valence-electron chi connectivity index (χ1n) is 8.44. The fraction of sp³-hybridized carbons (Fsp3) is 0.611. The van der Waals surface area contributed by atoms with Gasteiger partial charge in [0.15, 0.2) is 11.5 Å². The van der Waals surface area contributed by atoms with Crippen LogP contribution in [0.1, 0.15) is 53.4 Å². The molecule has 1 atom stereocenters. The lowest BCUT2D eigenvalue weighted by Crippen LogP contribution is -2.48. The van der Waals surface area contributed by atoms with E-state index < -0.39 is 5.54 Å². The molecule has 24 heavy (non-hydrogen) atoms. The van der Waals surface area contributed by atoms with Crippen LogP contribution in [-0.2, 0) is 4.79 Å². The van der Waals surface area contributed by atoms with Crippen LogP contribution in [0.2, 0.25) is 0 Å². The Morgan fingerprint density at radius 3 is 2.21 bits per heavy atom. The van der Waals surface area contributed by atoms with Gasteiger partial charge >= 0.3 is 0 Å². The summed E-state index contributed by atoms with van der Waals surface area (Å²) in [5, 5.41) is 2.87. The SMILES string of the molecule is CCCOc1ccc(NC(=O)C(C)(N)CCC)cc1OCCC.Cl. The van der Waals surface area contributed by atoms with Crippen LogP contribution in [0.15, 0.2) is 18.2 Å². The van der Waals surface area contributed by atoms with E-state index in [1.165, 1.54) is 0 Å². The third-order valence-electron chi connectivity index (χ3n) is 3.41. The Kier molecular flexibility index (Phi) is 10.5. The van der Waals surface area contributed by atoms with Gasteiger partial charge in [-0.05, 0) is 38.3 Å². The highest BCUT2D eigenvalue weighted by molar-refractivity contribution is 5.97. The Hall–Kier alpha value is -1.46. The van der Waals surface area contributed by atoms with Crippen LogP contribution in [0.5, 0.6) is 11.5 Å². The smallest absolute Gasteiger partial charge is 0.244 e. The molecule has 0 bridgehead atoms. The Bertz CT molecular complexity index is 507. The molecule has 0 aromatic heterocycles. The van der Waals surface area contributed by atoms with Gasteiger partial charge in [0.2, 0.25) is 5.91 Å². The maximum Gasteiger partial charge on any atom is 0.244 e. The van der Waals surface area contributed by atoms with E-state index in [-0.39, 0.29) is 18.3 Å². The monoisotopic (exact) mass is 358 g/mol. The molecule has 0 radical (unpaired) electrons. The minimum absolute atomic E-state index is 0. The van der Waals surface area contributed by atoms with Gasteiger partial charge in [-0.15, -0.1) is 12.4 Å². The summed E-state index contributed by atoms with van der Waals surface area (Å²) < 4.78 is 11.4. The molecule has 0 saturated carbocycles. The Balaban J connectivity index is 0.00000529. The lowest BCUT2D eigenvalue weighted by atomic mass is 9.96. The minimum Gasteiger partial charge on any atom is -0.490 e. The Morgan fingerprint density at radius 2 is 1.67 bits per heavy atom. The molecule has 1 amide bonds. The molecule has 0 aliphatic carbocycles. The molecule has 1 unspecified atom stereocenters. The zero-order valence-electron chi connectivity index (χ0n) is 15.2. The molecule has 1 aromatic carbocycles.